The Morgan fingerprint density at radius 2 is 1.61 bits per heavy atom. The summed E-state index contributed by atoms with van der Waals surface area (Å²) in [6, 6.07) is 0. The normalized spacial score (nSPS) is 12.7. The average Bonchev–Trinajstić information content (AvgIpc) is 2.39. The number of carbonyl (C=O) groups is 3. The summed E-state index contributed by atoms with van der Waals surface area (Å²) in [4.78, 5) is 37.9. The van der Waals surface area contributed by atoms with E-state index in [2.05, 4.69) is 0 Å². The Labute approximate surface area is 138 Å². The van der Waals surface area contributed by atoms with Crippen molar-refractivity contribution in [3.8, 4) is 0 Å². The number of rotatable bonds is 6. The molecule has 0 spiro atoms. The van der Waals surface area contributed by atoms with Gasteiger partial charge in [0.25, 0.3) is 0 Å². The second kappa shape index (κ2) is 9.17. The van der Waals surface area contributed by atoms with Gasteiger partial charge < -0.3 is 19.3 Å². The first kappa shape index (κ1) is 20.9. The van der Waals surface area contributed by atoms with E-state index < -0.39 is 23.8 Å². The van der Waals surface area contributed by atoms with Crippen LogP contribution in [0.25, 0.3) is 0 Å². The molecule has 1 unspecified atom stereocenters. The van der Waals surface area contributed by atoms with Gasteiger partial charge in [0.1, 0.15) is 5.60 Å². The molecule has 0 saturated heterocycles. The third kappa shape index (κ3) is 9.55. The quantitative estimate of drug-likeness (QED) is 0.549. The van der Waals surface area contributed by atoms with E-state index >= 15 is 0 Å². The molecule has 0 radical (unpaired) electrons. The lowest BCUT2D eigenvalue weighted by atomic mass is 10.1. The van der Waals surface area contributed by atoms with Crippen LogP contribution in [0.3, 0.4) is 0 Å². The Balaban J connectivity index is 4.76. The molecule has 0 N–H and O–H groups in total. The molecule has 0 aromatic rings. The molecular formula is C16H28N2O5. The Morgan fingerprint density at radius 1 is 1.04 bits per heavy atom. The molecule has 7 nitrogen and oxygen atoms in total. The van der Waals surface area contributed by atoms with Gasteiger partial charge in [-0.15, -0.1) is 0 Å². The van der Waals surface area contributed by atoms with E-state index in [0.717, 1.165) is 0 Å². The van der Waals surface area contributed by atoms with Crippen LogP contribution < -0.4 is 0 Å². The number of nitrogens with zero attached hydrogens (tertiary/aromatic N) is 2. The average molecular weight is 328 g/mol. The minimum atomic E-state index is -1.01. The Bertz CT molecular complexity index is 450. The maximum absolute atomic E-state index is 12.1. The monoisotopic (exact) mass is 328 g/mol. The molecule has 132 valence electrons. The summed E-state index contributed by atoms with van der Waals surface area (Å²) < 4.78 is 10.4. The Hall–Kier alpha value is -2.05. The number of carbonyl (C=O) groups excluding carboxylic acids is 3. The molecule has 0 fully saturated rings. The van der Waals surface area contributed by atoms with Crippen molar-refractivity contribution in [2.75, 3.05) is 28.2 Å². The van der Waals surface area contributed by atoms with Gasteiger partial charge in [-0.3, -0.25) is 4.79 Å². The van der Waals surface area contributed by atoms with Gasteiger partial charge in [-0.25, -0.2) is 9.59 Å². The molecule has 0 aliphatic rings. The summed E-state index contributed by atoms with van der Waals surface area (Å²) in [6.45, 7) is 5.22. The third-order valence-electron chi connectivity index (χ3n) is 2.57. The maximum atomic E-state index is 12.1. The third-order valence-corrected chi connectivity index (χ3v) is 2.57. The SMILES string of the molecule is CN(C)C(=O)/C=C/CCC(OC(=O)N(C)C)C(=O)OC(C)(C)C. The molecule has 0 aliphatic carbocycles. The van der Waals surface area contributed by atoms with E-state index in [9.17, 15) is 14.4 Å². The van der Waals surface area contributed by atoms with E-state index in [1.165, 1.54) is 30.0 Å². The first-order chi connectivity index (χ1) is 10.4. The lowest BCUT2D eigenvalue weighted by Crippen LogP contribution is -2.37. The fraction of sp³-hybridized carbons (Fsp3) is 0.688. The van der Waals surface area contributed by atoms with Gasteiger partial charge >= 0.3 is 12.1 Å². The lowest BCUT2D eigenvalue weighted by molar-refractivity contribution is -0.165. The number of esters is 1. The van der Waals surface area contributed by atoms with E-state index in [4.69, 9.17) is 9.47 Å². The number of hydrogen-bond acceptors (Lipinski definition) is 5. The highest BCUT2D eigenvalue weighted by Crippen LogP contribution is 2.14. The first-order valence-corrected chi connectivity index (χ1v) is 7.42. The van der Waals surface area contributed by atoms with Gasteiger partial charge in [-0.1, -0.05) is 6.08 Å². The Kier molecular flexibility index (Phi) is 8.35. The molecule has 2 amide bonds. The van der Waals surface area contributed by atoms with Crippen LogP contribution in [0.2, 0.25) is 0 Å². The maximum Gasteiger partial charge on any atom is 0.410 e. The van der Waals surface area contributed by atoms with E-state index in [-0.39, 0.29) is 12.3 Å². The van der Waals surface area contributed by atoms with Crippen LogP contribution in [0.15, 0.2) is 12.2 Å². The number of allylic oxidation sites excluding steroid dienone is 1. The van der Waals surface area contributed by atoms with Crippen molar-refractivity contribution in [1.82, 2.24) is 9.80 Å². The van der Waals surface area contributed by atoms with Crippen LogP contribution in [-0.2, 0) is 19.1 Å². The second-order valence-corrected chi connectivity index (χ2v) is 6.51. The van der Waals surface area contributed by atoms with Crippen molar-refractivity contribution < 1.29 is 23.9 Å². The zero-order valence-electron chi connectivity index (χ0n) is 15.1. The summed E-state index contributed by atoms with van der Waals surface area (Å²) in [6.07, 6.45) is 2.08. The Morgan fingerprint density at radius 3 is 2.04 bits per heavy atom. The first-order valence-electron chi connectivity index (χ1n) is 7.42. The molecule has 1 atom stereocenters. The number of ether oxygens (including phenoxy) is 2. The molecule has 0 rings (SSSR count). The zero-order valence-corrected chi connectivity index (χ0v) is 15.1. The van der Waals surface area contributed by atoms with Crippen molar-refractivity contribution in [1.29, 1.82) is 0 Å². The smallest absolute Gasteiger partial charge is 0.410 e. The van der Waals surface area contributed by atoms with Gasteiger partial charge in [0.2, 0.25) is 12.0 Å². The van der Waals surface area contributed by atoms with Crippen molar-refractivity contribution in [2.45, 2.75) is 45.3 Å². The minimum absolute atomic E-state index is 0.149. The number of hydrogen-bond donors (Lipinski definition) is 0. The summed E-state index contributed by atoms with van der Waals surface area (Å²) >= 11 is 0. The molecular weight excluding hydrogens is 300 g/mol. The fourth-order valence-corrected chi connectivity index (χ4v) is 1.40. The van der Waals surface area contributed by atoms with Crippen LogP contribution in [0.1, 0.15) is 33.6 Å². The predicted molar refractivity (Wildman–Crippen MR) is 86.9 cm³/mol. The largest absolute Gasteiger partial charge is 0.457 e. The minimum Gasteiger partial charge on any atom is -0.457 e. The van der Waals surface area contributed by atoms with Crippen molar-refractivity contribution in [3.63, 3.8) is 0 Å². The standard InChI is InChI=1S/C16H28N2O5/c1-16(2,3)23-14(20)12(22-15(21)18(6)7)10-8-9-11-13(19)17(4)5/h9,11-12H,8,10H2,1-7H3/b11-9+. The van der Waals surface area contributed by atoms with Gasteiger partial charge in [-0.2, -0.15) is 0 Å². The zero-order chi connectivity index (χ0) is 18.2. The summed E-state index contributed by atoms with van der Waals surface area (Å²) in [7, 11) is 6.36. The molecule has 0 aromatic heterocycles. The van der Waals surface area contributed by atoms with Gasteiger partial charge in [0, 0.05) is 28.2 Å². The van der Waals surface area contributed by atoms with Crippen LogP contribution in [-0.4, -0.2) is 67.7 Å². The molecule has 7 heteroatoms. The highest BCUT2D eigenvalue weighted by Gasteiger charge is 2.28. The highest BCUT2D eigenvalue weighted by atomic mass is 16.6. The van der Waals surface area contributed by atoms with E-state index in [1.807, 2.05) is 0 Å². The van der Waals surface area contributed by atoms with Crippen LogP contribution in [0.5, 0.6) is 0 Å². The van der Waals surface area contributed by atoms with E-state index in [0.29, 0.717) is 6.42 Å². The van der Waals surface area contributed by atoms with Crippen molar-refractivity contribution >= 4 is 18.0 Å². The second-order valence-electron chi connectivity index (χ2n) is 6.51. The number of likely N-dealkylation sites (N-methyl/N-ethyl adjacent to an activating group) is 1. The fourth-order valence-electron chi connectivity index (χ4n) is 1.40. The summed E-state index contributed by atoms with van der Waals surface area (Å²) in [5.74, 6) is -0.746. The van der Waals surface area contributed by atoms with Crippen LogP contribution >= 0.6 is 0 Å². The number of amides is 2. The van der Waals surface area contributed by atoms with Gasteiger partial charge in [0.15, 0.2) is 0 Å². The molecule has 0 aromatic carbocycles. The van der Waals surface area contributed by atoms with E-state index in [1.54, 1.807) is 40.9 Å². The molecule has 0 heterocycles. The summed E-state index contributed by atoms with van der Waals surface area (Å²) in [5.41, 5.74) is -0.670. The predicted octanol–water partition coefficient (Wildman–Crippen LogP) is 1.82. The molecule has 0 saturated carbocycles. The van der Waals surface area contributed by atoms with Crippen LogP contribution in [0.4, 0.5) is 4.79 Å². The molecule has 0 bridgehead atoms. The molecule has 0 aliphatic heterocycles. The topological polar surface area (TPSA) is 76.2 Å². The van der Waals surface area contributed by atoms with Gasteiger partial charge in [-0.05, 0) is 39.7 Å². The van der Waals surface area contributed by atoms with Crippen LogP contribution in [0, 0.1) is 0 Å². The summed E-state index contributed by atoms with van der Waals surface area (Å²) in [5, 5.41) is 0. The molecule has 23 heavy (non-hydrogen) atoms. The van der Waals surface area contributed by atoms with Crippen molar-refractivity contribution in [3.05, 3.63) is 12.2 Å². The van der Waals surface area contributed by atoms with Gasteiger partial charge in [0.05, 0.1) is 0 Å². The van der Waals surface area contributed by atoms with Crippen molar-refractivity contribution in [2.24, 2.45) is 0 Å². The lowest BCUT2D eigenvalue weighted by Gasteiger charge is -2.24. The highest BCUT2D eigenvalue weighted by molar-refractivity contribution is 5.87.